The van der Waals surface area contributed by atoms with Gasteiger partial charge in [0.1, 0.15) is 11.6 Å². The van der Waals surface area contributed by atoms with Crippen molar-refractivity contribution in [2.45, 2.75) is 31.9 Å². The van der Waals surface area contributed by atoms with E-state index in [0.29, 0.717) is 31.8 Å². The summed E-state index contributed by atoms with van der Waals surface area (Å²) in [5.74, 6) is -0.875. The first-order valence-electron chi connectivity index (χ1n) is 10.4. The summed E-state index contributed by atoms with van der Waals surface area (Å²) in [5.41, 5.74) is -0.767. The highest BCUT2D eigenvalue weighted by Crippen LogP contribution is 2.49. The van der Waals surface area contributed by atoms with E-state index in [1.54, 1.807) is 36.2 Å². The lowest BCUT2D eigenvalue weighted by Gasteiger charge is -2.21. The van der Waals surface area contributed by atoms with Crippen LogP contribution in [0.25, 0.3) is 0 Å². The molecule has 1 aromatic carbocycles. The fourth-order valence-corrected chi connectivity index (χ4v) is 4.73. The van der Waals surface area contributed by atoms with Gasteiger partial charge in [-0.25, -0.2) is 19.3 Å². The molecule has 1 aliphatic heterocycles. The molecule has 0 bridgehead atoms. The first-order chi connectivity index (χ1) is 15.2. The Hall–Kier alpha value is -3.10. The van der Waals surface area contributed by atoms with Gasteiger partial charge in [0.25, 0.3) is 5.91 Å². The van der Waals surface area contributed by atoms with Gasteiger partial charge in [-0.1, -0.05) is 6.07 Å². The molecule has 5 nitrogen and oxygen atoms in total. The maximum absolute atomic E-state index is 13.7. The summed E-state index contributed by atoms with van der Waals surface area (Å²) in [7, 11) is 0. The Morgan fingerprint density at radius 2 is 1.69 bits per heavy atom. The fraction of sp³-hybridized carbons (Fsp3) is 0.391. The SMILES string of the molecule is Cc1ncccccnc(C(=O)N2CC3C[C@@H](c4cc(F)ccc4C(F)(F)F)C[C@H]3C2)n1. The molecule has 32 heavy (non-hydrogen) atoms. The van der Waals surface area contributed by atoms with Crippen LogP contribution < -0.4 is 0 Å². The van der Waals surface area contributed by atoms with Gasteiger partial charge < -0.3 is 4.90 Å². The second kappa shape index (κ2) is 8.80. The fourth-order valence-electron chi connectivity index (χ4n) is 4.73. The van der Waals surface area contributed by atoms with E-state index in [1.807, 2.05) is 0 Å². The number of hydrogen-bond acceptors (Lipinski definition) is 4. The maximum Gasteiger partial charge on any atom is 0.416 e. The molecule has 1 unspecified atom stereocenters. The monoisotopic (exact) mass is 446 g/mol. The number of hydrogen-bond donors (Lipinski definition) is 0. The van der Waals surface area contributed by atoms with Gasteiger partial charge in [-0.15, -0.1) is 0 Å². The Balaban J connectivity index is 1.52. The highest BCUT2D eigenvalue weighted by Gasteiger charge is 2.45. The van der Waals surface area contributed by atoms with Gasteiger partial charge in [0.05, 0.1) is 5.56 Å². The molecular formula is C23H22F4N4O. The molecule has 0 N–H and O–H groups in total. The van der Waals surface area contributed by atoms with Gasteiger partial charge in [-0.3, -0.25) is 4.79 Å². The Morgan fingerprint density at radius 1 is 1.03 bits per heavy atom. The Labute approximate surface area is 182 Å². The Morgan fingerprint density at radius 3 is 2.34 bits per heavy atom. The maximum atomic E-state index is 13.7. The summed E-state index contributed by atoms with van der Waals surface area (Å²) in [6.07, 6.45) is -0.527. The van der Waals surface area contributed by atoms with Crippen molar-refractivity contribution in [2.24, 2.45) is 11.8 Å². The standard InChI is InChI=1S/C23H22F4N4O/c1-14-28-7-3-2-4-8-29-21(30-14)22(32)31-12-16-9-15(10-17(16)13-31)19-11-18(24)5-6-20(19)23(25,26)27/h2-8,11,15-17H,9-10,12-13H2,1H3/t15-,16-,17?/m0/s1. The van der Waals surface area contributed by atoms with Crippen molar-refractivity contribution in [3.05, 3.63) is 77.4 Å². The minimum Gasteiger partial charge on any atom is -0.335 e. The second-order valence-corrected chi connectivity index (χ2v) is 8.24. The normalized spacial score (nSPS) is 22.4. The minimum atomic E-state index is -4.53. The van der Waals surface area contributed by atoms with E-state index in [2.05, 4.69) is 15.0 Å². The number of fused-ring (bicyclic) bond motifs is 1. The summed E-state index contributed by atoms with van der Waals surface area (Å²) in [4.78, 5) is 27.1. The number of aryl methyl sites for hydroxylation is 1. The van der Waals surface area contributed by atoms with Gasteiger partial charge >= 0.3 is 6.18 Å². The largest absolute Gasteiger partial charge is 0.416 e. The van der Waals surface area contributed by atoms with Gasteiger partial charge in [0, 0.05) is 25.5 Å². The van der Waals surface area contributed by atoms with Crippen LogP contribution in [0.3, 0.4) is 0 Å². The number of likely N-dealkylation sites (tertiary alicyclic amines) is 1. The third-order valence-corrected chi connectivity index (χ3v) is 6.11. The summed E-state index contributed by atoms with van der Waals surface area (Å²) in [5, 5.41) is 0. The number of rotatable bonds is 2. The van der Waals surface area contributed by atoms with E-state index in [4.69, 9.17) is 0 Å². The molecule has 1 aromatic heterocycles. The van der Waals surface area contributed by atoms with Crippen molar-refractivity contribution in [1.29, 1.82) is 0 Å². The quantitative estimate of drug-likeness (QED) is 0.626. The number of carbonyl (C=O) groups excluding carboxylic acids is 1. The van der Waals surface area contributed by atoms with Crippen LogP contribution in [0.4, 0.5) is 17.6 Å². The molecule has 3 atom stereocenters. The van der Waals surface area contributed by atoms with Crippen molar-refractivity contribution in [2.75, 3.05) is 13.1 Å². The molecular weight excluding hydrogens is 424 g/mol. The number of halogens is 4. The highest BCUT2D eigenvalue weighted by molar-refractivity contribution is 5.90. The smallest absolute Gasteiger partial charge is 0.335 e. The van der Waals surface area contributed by atoms with Crippen molar-refractivity contribution >= 4 is 5.91 Å². The average Bonchev–Trinajstić information content (AvgIpc) is 3.30. The zero-order valence-corrected chi connectivity index (χ0v) is 17.4. The lowest BCUT2D eigenvalue weighted by molar-refractivity contribution is -0.138. The molecule has 168 valence electrons. The number of nitrogens with zero attached hydrogens (tertiary/aromatic N) is 4. The lowest BCUT2D eigenvalue weighted by atomic mass is 9.91. The molecule has 1 saturated carbocycles. The minimum absolute atomic E-state index is 0.0118. The van der Waals surface area contributed by atoms with E-state index in [1.165, 1.54) is 6.20 Å². The predicted octanol–water partition coefficient (Wildman–Crippen LogP) is 4.73. The molecule has 0 radical (unpaired) electrons. The topological polar surface area (TPSA) is 59.0 Å². The van der Waals surface area contributed by atoms with Crippen molar-refractivity contribution in [3.63, 3.8) is 0 Å². The van der Waals surface area contributed by atoms with Crippen LogP contribution >= 0.6 is 0 Å². The third-order valence-electron chi connectivity index (χ3n) is 6.11. The van der Waals surface area contributed by atoms with Gasteiger partial charge in [0.2, 0.25) is 5.82 Å². The molecule has 4 rings (SSSR count). The Bertz CT molecular complexity index is 1060. The summed E-state index contributed by atoms with van der Waals surface area (Å²) in [6, 6.07) is 7.78. The van der Waals surface area contributed by atoms with Crippen LogP contribution in [0.15, 0.2) is 48.8 Å². The van der Waals surface area contributed by atoms with E-state index in [9.17, 15) is 22.4 Å². The van der Waals surface area contributed by atoms with E-state index in [0.717, 1.165) is 18.2 Å². The third kappa shape index (κ3) is 4.71. The van der Waals surface area contributed by atoms with E-state index in [-0.39, 0.29) is 35.0 Å². The lowest BCUT2D eigenvalue weighted by Crippen LogP contribution is -2.31. The number of amides is 1. The second-order valence-electron chi connectivity index (χ2n) is 8.24. The van der Waals surface area contributed by atoms with E-state index >= 15 is 0 Å². The number of carbonyl (C=O) groups is 1. The first-order valence-corrected chi connectivity index (χ1v) is 10.4. The van der Waals surface area contributed by atoms with E-state index < -0.39 is 17.6 Å². The van der Waals surface area contributed by atoms with Gasteiger partial charge in [-0.05, 0) is 73.4 Å². The highest BCUT2D eigenvalue weighted by atomic mass is 19.4. The molecule has 2 fully saturated rings. The molecule has 1 aliphatic carbocycles. The van der Waals surface area contributed by atoms with Crippen LogP contribution in [-0.2, 0) is 6.18 Å². The van der Waals surface area contributed by atoms with Gasteiger partial charge in [0.15, 0.2) is 0 Å². The first kappa shape index (κ1) is 22.1. The summed E-state index contributed by atoms with van der Waals surface area (Å²) in [6.45, 7) is 2.49. The average molecular weight is 446 g/mol. The van der Waals surface area contributed by atoms with Crippen LogP contribution in [0.2, 0.25) is 0 Å². The van der Waals surface area contributed by atoms with Crippen LogP contribution in [0.1, 0.15) is 46.3 Å². The van der Waals surface area contributed by atoms with Crippen LogP contribution in [0, 0.1) is 24.6 Å². The molecule has 2 aromatic rings. The molecule has 2 heterocycles. The molecule has 9 heteroatoms. The summed E-state index contributed by atoms with van der Waals surface area (Å²) < 4.78 is 54.0. The van der Waals surface area contributed by atoms with Crippen molar-refractivity contribution in [1.82, 2.24) is 19.9 Å². The molecule has 2 aliphatic rings. The molecule has 1 amide bonds. The molecule has 1 saturated heterocycles. The van der Waals surface area contributed by atoms with Crippen LogP contribution in [-0.4, -0.2) is 38.8 Å². The molecule has 0 spiro atoms. The zero-order chi connectivity index (χ0) is 22.9. The zero-order valence-electron chi connectivity index (χ0n) is 17.4. The van der Waals surface area contributed by atoms with Crippen molar-refractivity contribution in [3.8, 4) is 0 Å². The van der Waals surface area contributed by atoms with Crippen LogP contribution in [0.5, 0.6) is 0 Å². The van der Waals surface area contributed by atoms with Crippen molar-refractivity contribution < 1.29 is 22.4 Å². The number of aromatic nitrogens is 3. The Kier molecular flexibility index (Phi) is 6.08. The van der Waals surface area contributed by atoms with Gasteiger partial charge in [-0.2, -0.15) is 13.2 Å². The summed E-state index contributed by atoms with van der Waals surface area (Å²) >= 11 is 0. The number of benzene rings is 1. The predicted molar refractivity (Wildman–Crippen MR) is 108 cm³/mol. The number of alkyl halides is 3.